The molecule has 3 N–H and O–H groups in total. The molecule has 0 heterocycles. The van der Waals surface area contributed by atoms with E-state index in [1.165, 1.54) is 12.1 Å². The Morgan fingerprint density at radius 3 is 2.10 bits per heavy atom. The molecule has 8 heteroatoms. The number of carbonyl (C=O) groups is 3. The molecule has 166 valence electrons. The first-order valence-electron chi connectivity index (χ1n) is 10.0. The zero-order valence-corrected chi connectivity index (χ0v) is 18.0. The fourth-order valence-corrected chi connectivity index (χ4v) is 2.67. The molecule has 2 rings (SSSR count). The van der Waals surface area contributed by atoms with Crippen molar-refractivity contribution in [2.75, 3.05) is 17.2 Å². The molecule has 2 aromatic rings. The van der Waals surface area contributed by atoms with E-state index in [0.29, 0.717) is 17.8 Å². The summed E-state index contributed by atoms with van der Waals surface area (Å²) in [6.45, 7) is 5.37. The average molecular weight is 429 g/mol. The smallest absolute Gasteiger partial charge is 0.407 e. The van der Waals surface area contributed by atoms with E-state index >= 15 is 0 Å². The van der Waals surface area contributed by atoms with Crippen molar-refractivity contribution in [3.63, 3.8) is 0 Å². The van der Waals surface area contributed by atoms with Gasteiger partial charge in [0.1, 0.15) is 11.4 Å². The van der Waals surface area contributed by atoms with Crippen molar-refractivity contribution in [2.45, 2.75) is 45.6 Å². The lowest BCUT2D eigenvalue weighted by molar-refractivity contribution is -0.117. The molecule has 0 saturated carbocycles. The molecule has 3 amide bonds. The number of benzene rings is 2. The Labute approximate surface area is 181 Å². The van der Waals surface area contributed by atoms with Crippen LogP contribution in [0.5, 0.6) is 0 Å². The van der Waals surface area contributed by atoms with Crippen molar-refractivity contribution < 1.29 is 23.5 Å². The fourth-order valence-electron chi connectivity index (χ4n) is 2.67. The predicted molar refractivity (Wildman–Crippen MR) is 117 cm³/mol. The minimum absolute atomic E-state index is 0.0428. The highest BCUT2D eigenvalue weighted by molar-refractivity contribution is 5.99. The van der Waals surface area contributed by atoms with Gasteiger partial charge < -0.3 is 20.7 Å². The number of para-hydroxylation sites is 2. The Kier molecular flexibility index (Phi) is 8.54. The second kappa shape index (κ2) is 11.1. The first-order valence-corrected chi connectivity index (χ1v) is 10.0. The number of hydrogen-bond donors (Lipinski definition) is 3. The van der Waals surface area contributed by atoms with Crippen LogP contribution in [0.3, 0.4) is 0 Å². The van der Waals surface area contributed by atoms with Gasteiger partial charge in [0.15, 0.2) is 0 Å². The molecule has 0 bridgehead atoms. The first-order chi connectivity index (χ1) is 14.6. The zero-order chi connectivity index (χ0) is 22.9. The summed E-state index contributed by atoms with van der Waals surface area (Å²) in [7, 11) is 0. The second-order valence-electron chi connectivity index (χ2n) is 7.95. The van der Waals surface area contributed by atoms with E-state index in [2.05, 4.69) is 16.0 Å². The third kappa shape index (κ3) is 9.29. The van der Waals surface area contributed by atoms with Gasteiger partial charge in [-0.15, -0.1) is 0 Å². The van der Waals surface area contributed by atoms with Crippen molar-refractivity contribution in [3.8, 4) is 0 Å². The minimum Gasteiger partial charge on any atom is -0.444 e. The van der Waals surface area contributed by atoms with Crippen LogP contribution >= 0.6 is 0 Å². The van der Waals surface area contributed by atoms with Crippen molar-refractivity contribution in [3.05, 3.63) is 59.9 Å². The van der Waals surface area contributed by atoms with E-state index in [0.717, 1.165) is 5.56 Å². The number of halogens is 1. The minimum atomic E-state index is -0.613. The van der Waals surface area contributed by atoms with E-state index in [9.17, 15) is 18.8 Å². The molecule has 2 aromatic carbocycles. The van der Waals surface area contributed by atoms with Crippen molar-refractivity contribution >= 4 is 29.3 Å². The van der Waals surface area contributed by atoms with Gasteiger partial charge >= 0.3 is 6.09 Å². The molecule has 0 atom stereocenters. The van der Waals surface area contributed by atoms with Crippen LogP contribution in [0.4, 0.5) is 20.6 Å². The van der Waals surface area contributed by atoms with E-state index < -0.39 is 11.7 Å². The van der Waals surface area contributed by atoms with Gasteiger partial charge in [-0.1, -0.05) is 24.3 Å². The highest BCUT2D eigenvalue weighted by Crippen LogP contribution is 2.21. The highest BCUT2D eigenvalue weighted by atomic mass is 19.1. The Morgan fingerprint density at radius 2 is 1.52 bits per heavy atom. The molecule has 0 aliphatic carbocycles. The van der Waals surface area contributed by atoms with E-state index in [1.54, 1.807) is 57.2 Å². The molecule has 0 aromatic heterocycles. The third-order valence-electron chi connectivity index (χ3n) is 4.03. The molecule has 0 unspecified atom stereocenters. The second-order valence-corrected chi connectivity index (χ2v) is 7.95. The van der Waals surface area contributed by atoms with E-state index in [-0.39, 0.29) is 37.0 Å². The summed E-state index contributed by atoms with van der Waals surface area (Å²) in [5.41, 5.74) is 1.02. The number of amides is 3. The van der Waals surface area contributed by atoms with Crippen molar-refractivity contribution in [1.29, 1.82) is 0 Å². The van der Waals surface area contributed by atoms with Crippen LogP contribution in [-0.4, -0.2) is 30.1 Å². The largest absolute Gasteiger partial charge is 0.444 e. The van der Waals surface area contributed by atoms with Gasteiger partial charge in [0.25, 0.3) is 0 Å². The maximum Gasteiger partial charge on any atom is 0.407 e. The van der Waals surface area contributed by atoms with Gasteiger partial charge in [-0.05, 0) is 57.0 Å². The standard InChI is InChI=1S/C23H28FN3O4/c1-23(2,3)31-22(30)25-14-13-21(29)27-19-10-5-4-9-18(19)26-20(28)12-11-16-7-6-8-17(24)15-16/h4-10,15H,11-14H2,1-3H3,(H,25,30)(H,26,28)(H,27,29). The monoisotopic (exact) mass is 429 g/mol. The maximum absolute atomic E-state index is 13.2. The van der Waals surface area contributed by atoms with Crippen LogP contribution in [0, 0.1) is 5.82 Å². The number of aryl methyl sites for hydroxylation is 1. The average Bonchev–Trinajstić information content (AvgIpc) is 2.66. The normalized spacial score (nSPS) is 10.8. The molecule has 0 spiro atoms. The SMILES string of the molecule is CC(C)(C)OC(=O)NCCC(=O)Nc1ccccc1NC(=O)CCc1cccc(F)c1. The van der Waals surface area contributed by atoms with Gasteiger partial charge in [0.05, 0.1) is 11.4 Å². The molecule has 7 nitrogen and oxygen atoms in total. The summed E-state index contributed by atoms with van der Waals surface area (Å²) in [5, 5.41) is 8.01. The van der Waals surface area contributed by atoms with Crippen LogP contribution in [0.15, 0.2) is 48.5 Å². The molecule has 0 radical (unpaired) electrons. The topological polar surface area (TPSA) is 96.5 Å². The Hall–Kier alpha value is -3.42. The number of hydrogen-bond acceptors (Lipinski definition) is 4. The van der Waals surface area contributed by atoms with E-state index in [1.807, 2.05) is 0 Å². The highest BCUT2D eigenvalue weighted by Gasteiger charge is 2.16. The zero-order valence-electron chi connectivity index (χ0n) is 18.0. The van der Waals surface area contributed by atoms with Crippen LogP contribution in [0.1, 0.15) is 39.2 Å². The third-order valence-corrected chi connectivity index (χ3v) is 4.03. The number of rotatable bonds is 8. The van der Waals surface area contributed by atoms with Gasteiger partial charge in [-0.3, -0.25) is 9.59 Å². The quantitative estimate of drug-likeness (QED) is 0.584. The van der Waals surface area contributed by atoms with Crippen LogP contribution in [0.25, 0.3) is 0 Å². The van der Waals surface area contributed by atoms with E-state index in [4.69, 9.17) is 4.74 Å². The lowest BCUT2D eigenvalue weighted by Gasteiger charge is -2.19. The number of carbonyl (C=O) groups excluding carboxylic acids is 3. The summed E-state index contributed by atoms with van der Waals surface area (Å²) < 4.78 is 18.4. The summed E-state index contributed by atoms with van der Waals surface area (Å²) in [6, 6.07) is 12.9. The molecule has 31 heavy (non-hydrogen) atoms. The summed E-state index contributed by atoms with van der Waals surface area (Å²) in [4.78, 5) is 36.1. The van der Waals surface area contributed by atoms with Gasteiger partial charge in [0, 0.05) is 19.4 Å². The van der Waals surface area contributed by atoms with Gasteiger partial charge in [-0.25, -0.2) is 9.18 Å². The molecule has 0 saturated heterocycles. The predicted octanol–water partition coefficient (Wildman–Crippen LogP) is 4.25. The van der Waals surface area contributed by atoms with Crippen molar-refractivity contribution in [2.24, 2.45) is 0 Å². The lowest BCUT2D eigenvalue weighted by Crippen LogP contribution is -2.34. The molecular weight excluding hydrogens is 401 g/mol. The van der Waals surface area contributed by atoms with Crippen LogP contribution < -0.4 is 16.0 Å². The Bertz CT molecular complexity index is 925. The summed E-state index contributed by atoms with van der Waals surface area (Å²) >= 11 is 0. The number of nitrogens with one attached hydrogen (secondary N) is 3. The van der Waals surface area contributed by atoms with Crippen LogP contribution in [0.2, 0.25) is 0 Å². The summed E-state index contributed by atoms with van der Waals surface area (Å²) in [5.74, 6) is -0.915. The first kappa shape index (κ1) is 23.9. The van der Waals surface area contributed by atoms with Crippen molar-refractivity contribution in [1.82, 2.24) is 5.32 Å². The molecule has 0 aliphatic heterocycles. The Balaban J connectivity index is 1.83. The van der Waals surface area contributed by atoms with Gasteiger partial charge in [0.2, 0.25) is 11.8 Å². The number of ether oxygens (including phenoxy) is 1. The van der Waals surface area contributed by atoms with Crippen LogP contribution in [-0.2, 0) is 20.7 Å². The maximum atomic E-state index is 13.2. The number of anilines is 2. The molecule has 0 aliphatic rings. The summed E-state index contributed by atoms with van der Waals surface area (Å²) in [6.07, 6.45) is 0.0208. The number of alkyl carbamates (subject to hydrolysis) is 1. The van der Waals surface area contributed by atoms with Gasteiger partial charge in [-0.2, -0.15) is 0 Å². The lowest BCUT2D eigenvalue weighted by atomic mass is 10.1. The molecular formula is C23H28FN3O4. The molecule has 0 fully saturated rings. The Morgan fingerprint density at radius 1 is 0.903 bits per heavy atom. The fraction of sp³-hybridized carbons (Fsp3) is 0.348.